The van der Waals surface area contributed by atoms with Gasteiger partial charge < -0.3 is 0 Å². The molecule has 0 spiro atoms. The number of nitrogens with zero attached hydrogens (tertiary/aromatic N) is 1. The number of piperidine rings is 1. The predicted octanol–water partition coefficient (Wildman–Crippen LogP) is 3.40. The Bertz CT molecular complexity index is 576. The monoisotopic (exact) mass is 349 g/mol. The molecule has 2 unspecified atom stereocenters. The standard InChI is InChI=1S/C13H17BrFNO2S/c1-9-3-4-10(2)16(8-9)19(17,18)13-6-5-11(15)7-12(13)14/h5-7,9-10H,3-4,8H2,1-2H3. The lowest BCUT2D eigenvalue weighted by molar-refractivity contribution is 0.218. The van der Waals surface area contributed by atoms with Crippen molar-refractivity contribution in [3.8, 4) is 0 Å². The van der Waals surface area contributed by atoms with Crippen LogP contribution >= 0.6 is 15.9 Å². The van der Waals surface area contributed by atoms with Gasteiger partial charge in [0.15, 0.2) is 0 Å². The first-order valence-electron chi connectivity index (χ1n) is 6.29. The smallest absolute Gasteiger partial charge is 0.207 e. The average Bonchev–Trinajstić information content (AvgIpc) is 2.31. The molecule has 0 bridgehead atoms. The first-order chi connectivity index (χ1) is 8.82. The van der Waals surface area contributed by atoms with Crippen LogP contribution in [0.2, 0.25) is 0 Å². The van der Waals surface area contributed by atoms with Gasteiger partial charge in [-0.1, -0.05) is 6.92 Å². The molecule has 3 nitrogen and oxygen atoms in total. The molecule has 1 heterocycles. The van der Waals surface area contributed by atoms with Crippen molar-refractivity contribution in [3.05, 3.63) is 28.5 Å². The molecule has 1 aliphatic rings. The van der Waals surface area contributed by atoms with Gasteiger partial charge in [-0.15, -0.1) is 0 Å². The minimum atomic E-state index is -3.57. The molecular weight excluding hydrogens is 333 g/mol. The van der Waals surface area contributed by atoms with Crippen molar-refractivity contribution < 1.29 is 12.8 Å². The third-order valence-electron chi connectivity index (χ3n) is 3.54. The molecule has 0 radical (unpaired) electrons. The van der Waals surface area contributed by atoms with Crippen molar-refractivity contribution >= 4 is 26.0 Å². The van der Waals surface area contributed by atoms with E-state index in [9.17, 15) is 12.8 Å². The molecule has 0 N–H and O–H groups in total. The van der Waals surface area contributed by atoms with Crippen LogP contribution in [-0.4, -0.2) is 25.3 Å². The zero-order valence-corrected chi connectivity index (χ0v) is 13.3. The summed E-state index contributed by atoms with van der Waals surface area (Å²) in [5.41, 5.74) is 0. The molecule has 2 rings (SSSR count). The van der Waals surface area contributed by atoms with Crippen molar-refractivity contribution in [3.63, 3.8) is 0 Å². The normalized spacial score (nSPS) is 25.5. The van der Waals surface area contributed by atoms with Crippen LogP contribution in [0.15, 0.2) is 27.6 Å². The molecule has 19 heavy (non-hydrogen) atoms. The van der Waals surface area contributed by atoms with E-state index < -0.39 is 15.8 Å². The Morgan fingerprint density at radius 1 is 1.32 bits per heavy atom. The molecular formula is C13H17BrFNO2S. The fraction of sp³-hybridized carbons (Fsp3) is 0.538. The number of sulfonamides is 1. The Morgan fingerprint density at radius 3 is 2.63 bits per heavy atom. The van der Waals surface area contributed by atoms with Gasteiger partial charge in [-0.25, -0.2) is 12.8 Å². The number of hydrogen-bond acceptors (Lipinski definition) is 2. The molecule has 0 amide bonds. The lowest BCUT2D eigenvalue weighted by Gasteiger charge is -2.35. The zero-order valence-electron chi connectivity index (χ0n) is 10.9. The van der Waals surface area contributed by atoms with E-state index in [0.29, 0.717) is 12.5 Å². The van der Waals surface area contributed by atoms with E-state index in [4.69, 9.17) is 0 Å². The van der Waals surface area contributed by atoms with Gasteiger partial charge in [-0.2, -0.15) is 4.31 Å². The SMILES string of the molecule is CC1CCC(C)N(S(=O)(=O)c2ccc(F)cc2Br)C1. The van der Waals surface area contributed by atoms with Gasteiger partial charge in [-0.3, -0.25) is 0 Å². The fourth-order valence-corrected chi connectivity index (χ4v) is 5.19. The maximum Gasteiger partial charge on any atom is 0.244 e. The fourth-order valence-electron chi connectivity index (χ4n) is 2.39. The first-order valence-corrected chi connectivity index (χ1v) is 8.52. The Labute approximate surface area is 122 Å². The molecule has 1 aromatic carbocycles. The second-order valence-corrected chi connectivity index (χ2v) is 7.89. The average molecular weight is 350 g/mol. The maximum absolute atomic E-state index is 13.1. The van der Waals surface area contributed by atoms with Crippen LogP contribution in [-0.2, 0) is 10.0 Å². The van der Waals surface area contributed by atoms with E-state index in [2.05, 4.69) is 15.9 Å². The van der Waals surface area contributed by atoms with E-state index in [-0.39, 0.29) is 15.4 Å². The minimum absolute atomic E-state index is 0.0156. The summed E-state index contributed by atoms with van der Waals surface area (Å²) in [6, 6.07) is 3.67. The predicted molar refractivity (Wildman–Crippen MR) is 75.9 cm³/mol. The van der Waals surface area contributed by atoms with E-state index in [1.807, 2.05) is 13.8 Å². The zero-order chi connectivity index (χ0) is 14.2. The molecule has 2 atom stereocenters. The topological polar surface area (TPSA) is 37.4 Å². The molecule has 0 aliphatic carbocycles. The van der Waals surface area contributed by atoms with Crippen molar-refractivity contribution in [2.45, 2.75) is 37.6 Å². The molecule has 1 saturated heterocycles. The lowest BCUT2D eigenvalue weighted by atomic mass is 9.97. The van der Waals surface area contributed by atoms with Crippen LogP contribution in [0.1, 0.15) is 26.7 Å². The molecule has 1 aromatic rings. The van der Waals surface area contributed by atoms with Gasteiger partial charge in [-0.05, 0) is 59.8 Å². The van der Waals surface area contributed by atoms with Gasteiger partial charge in [0.05, 0.1) is 4.90 Å². The minimum Gasteiger partial charge on any atom is -0.207 e. The molecule has 1 aliphatic heterocycles. The van der Waals surface area contributed by atoms with Crippen molar-refractivity contribution in [1.82, 2.24) is 4.31 Å². The molecule has 1 fully saturated rings. The highest BCUT2D eigenvalue weighted by Gasteiger charge is 2.34. The van der Waals surface area contributed by atoms with Gasteiger partial charge in [0, 0.05) is 17.1 Å². The van der Waals surface area contributed by atoms with Gasteiger partial charge in [0.1, 0.15) is 5.82 Å². The van der Waals surface area contributed by atoms with Crippen LogP contribution in [0.25, 0.3) is 0 Å². The summed E-state index contributed by atoms with van der Waals surface area (Å²) in [6.07, 6.45) is 1.90. The highest BCUT2D eigenvalue weighted by molar-refractivity contribution is 9.10. The highest BCUT2D eigenvalue weighted by Crippen LogP contribution is 2.31. The molecule has 0 saturated carbocycles. The molecule has 0 aromatic heterocycles. The summed E-state index contributed by atoms with van der Waals surface area (Å²) >= 11 is 3.14. The van der Waals surface area contributed by atoms with Crippen LogP contribution in [0.4, 0.5) is 4.39 Å². The van der Waals surface area contributed by atoms with Crippen molar-refractivity contribution in [2.24, 2.45) is 5.92 Å². The van der Waals surface area contributed by atoms with E-state index in [0.717, 1.165) is 12.8 Å². The van der Waals surface area contributed by atoms with Crippen LogP contribution in [0, 0.1) is 11.7 Å². The summed E-state index contributed by atoms with van der Waals surface area (Å²) in [7, 11) is -3.57. The summed E-state index contributed by atoms with van der Waals surface area (Å²) in [5.74, 6) is -0.101. The largest absolute Gasteiger partial charge is 0.244 e. The van der Waals surface area contributed by atoms with Crippen molar-refractivity contribution in [2.75, 3.05) is 6.54 Å². The third-order valence-corrected chi connectivity index (χ3v) is 6.50. The van der Waals surface area contributed by atoms with Gasteiger partial charge in [0.25, 0.3) is 0 Å². The second kappa shape index (κ2) is 5.50. The van der Waals surface area contributed by atoms with Crippen molar-refractivity contribution in [1.29, 1.82) is 0 Å². The van der Waals surface area contributed by atoms with E-state index >= 15 is 0 Å². The maximum atomic E-state index is 13.1. The number of halogens is 2. The summed E-state index contributed by atoms with van der Waals surface area (Å²) in [6.45, 7) is 4.49. The van der Waals surface area contributed by atoms with E-state index in [1.165, 1.54) is 22.5 Å². The second-order valence-electron chi connectivity index (χ2n) is 5.18. The summed E-state index contributed by atoms with van der Waals surface area (Å²) in [5, 5.41) is 0. The Hall–Kier alpha value is -0.460. The third kappa shape index (κ3) is 3.01. The van der Waals surface area contributed by atoms with Crippen LogP contribution < -0.4 is 0 Å². The quantitative estimate of drug-likeness (QED) is 0.820. The van der Waals surface area contributed by atoms with E-state index in [1.54, 1.807) is 0 Å². The highest BCUT2D eigenvalue weighted by atomic mass is 79.9. The Kier molecular flexibility index (Phi) is 4.32. The lowest BCUT2D eigenvalue weighted by Crippen LogP contribution is -2.44. The van der Waals surface area contributed by atoms with Gasteiger partial charge in [0.2, 0.25) is 10.0 Å². The number of benzene rings is 1. The van der Waals surface area contributed by atoms with Gasteiger partial charge >= 0.3 is 0 Å². The Balaban J connectivity index is 2.41. The first kappa shape index (κ1) is 14.9. The van der Waals surface area contributed by atoms with Crippen LogP contribution in [0.5, 0.6) is 0 Å². The van der Waals surface area contributed by atoms with Crippen LogP contribution in [0.3, 0.4) is 0 Å². The number of rotatable bonds is 2. The summed E-state index contributed by atoms with van der Waals surface area (Å²) in [4.78, 5) is 0.134. The summed E-state index contributed by atoms with van der Waals surface area (Å²) < 4.78 is 40.2. The number of hydrogen-bond donors (Lipinski definition) is 0. The Morgan fingerprint density at radius 2 is 2.00 bits per heavy atom. The molecule has 106 valence electrons. The molecule has 6 heteroatoms.